The number of ether oxygens (including phenoxy) is 1. The van der Waals surface area contributed by atoms with Gasteiger partial charge in [-0.25, -0.2) is 8.42 Å². The Kier molecular flexibility index (Phi) is 5.79. The molecule has 5 nitrogen and oxygen atoms in total. The summed E-state index contributed by atoms with van der Waals surface area (Å²) in [7, 11) is -1.67. The normalized spacial score (nSPS) is 21.3. The van der Waals surface area contributed by atoms with Crippen molar-refractivity contribution in [1.29, 1.82) is 0 Å². The molecule has 2 heterocycles. The molecule has 1 saturated heterocycles. The fourth-order valence-electron chi connectivity index (χ4n) is 2.56. The topological polar surface area (TPSA) is 49.9 Å². The minimum atomic E-state index is -3.21. The van der Waals surface area contributed by atoms with Crippen LogP contribution < -0.4 is 0 Å². The third-order valence-electron chi connectivity index (χ3n) is 4.09. The largest absolute Gasteiger partial charge is 0.381 e. The Morgan fingerprint density at radius 3 is 2.48 bits per heavy atom. The lowest BCUT2D eigenvalue weighted by Crippen LogP contribution is -2.50. The summed E-state index contributed by atoms with van der Waals surface area (Å²) in [4.78, 5) is 2.34. The van der Waals surface area contributed by atoms with Crippen LogP contribution in [0.3, 0.4) is 0 Å². The monoisotopic (exact) mass is 332 g/mol. The highest BCUT2D eigenvalue weighted by Gasteiger charge is 2.30. The molecule has 0 spiro atoms. The minimum absolute atomic E-state index is 0.0591. The number of piperazine rings is 1. The summed E-state index contributed by atoms with van der Waals surface area (Å²) in [6, 6.07) is 2.48. The van der Waals surface area contributed by atoms with Crippen LogP contribution in [0.1, 0.15) is 25.5 Å². The number of methoxy groups -OCH3 is 1. The van der Waals surface area contributed by atoms with Crippen molar-refractivity contribution in [3.8, 4) is 0 Å². The van der Waals surface area contributed by atoms with Gasteiger partial charge in [0.25, 0.3) is 0 Å². The average Bonchev–Trinajstić information content (AvgIpc) is 3.00. The molecule has 0 aliphatic carbocycles. The first-order valence-corrected chi connectivity index (χ1v) is 9.76. The van der Waals surface area contributed by atoms with Crippen molar-refractivity contribution in [2.45, 2.75) is 26.0 Å². The number of thiophene rings is 1. The zero-order chi connectivity index (χ0) is 15.5. The van der Waals surface area contributed by atoms with Crippen molar-refractivity contribution >= 4 is 21.4 Å². The number of nitrogens with zero attached hydrogens (tertiary/aromatic N) is 2. The van der Waals surface area contributed by atoms with E-state index in [4.69, 9.17) is 4.74 Å². The molecule has 1 fully saturated rings. The summed E-state index contributed by atoms with van der Waals surface area (Å²) in [5.74, 6) is 0.0591. The standard InChI is InChI=1S/C14H24N2O3S2/c1-12(19-3)11-21(17,18)16-7-5-15(6-8-16)13(2)14-4-9-20-10-14/h4,9-10,12-13H,5-8,11H2,1-3H3/t12-,13-/m1/s1. The fraction of sp³-hybridized carbons (Fsp3) is 0.714. The smallest absolute Gasteiger partial charge is 0.216 e. The maximum Gasteiger partial charge on any atom is 0.216 e. The molecule has 1 aromatic rings. The van der Waals surface area contributed by atoms with Gasteiger partial charge in [0.15, 0.2) is 0 Å². The lowest BCUT2D eigenvalue weighted by Gasteiger charge is -2.37. The molecule has 1 aromatic heterocycles. The van der Waals surface area contributed by atoms with Crippen LogP contribution in [-0.4, -0.2) is 62.8 Å². The van der Waals surface area contributed by atoms with Crippen LogP contribution in [0.15, 0.2) is 16.8 Å². The van der Waals surface area contributed by atoms with Crippen molar-refractivity contribution in [1.82, 2.24) is 9.21 Å². The maximum absolute atomic E-state index is 12.3. The molecule has 2 atom stereocenters. The molecule has 0 N–H and O–H groups in total. The molecule has 0 aromatic carbocycles. The third kappa shape index (κ3) is 4.26. The Bertz CT molecular complexity index is 522. The predicted molar refractivity (Wildman–Crippen MR) is 86.1 cm³/mol. The molecule has 0 amide bonds. The van der Waals surface area contributed by atoms with Crippen molar-refractivity contribution in [2.75, 3.05) is 39.0 Å². The van der Waals surface area contributed by atoms with E-state index in [9.17, 15) is 8.42 Å². The maximum atomic E-state index is 12.3. The molecule has 1 aliphatic rings. The number of sulfonamides is 1. The Balaban J connectivity index is 1.91. The lowest BCUT2D eigenvalue weighted by atomic mass is 10.1. The van der Waals surface area contributed by atoms with Gasteiger partial charge in [-0.1, -0.05) is 0 Å². The zero-order valence-electron chi connectivity index (χ0n) is 12.9. The first-order chi connectivity index (χ1) is 9.94. The number of hydrogen-bond donors (Lipinski definition) is 0. The second-order valence-electron chi connectivity index (χ2n) is 5.49. The fourth-order valence-corrected chi connectivity index (χ4v) is 4.97. The molecule has 120 valence electrons. The molecule has 21 heavy (non-hydrogen) atoms. The lowest BCUT2D eigenvalue weighted by molar-refractivity contribution is 0.129. The summed E-state index contributed by atoms with van der Waals surface area (Å²) in [6.07, 6.45) is -0.266. The van der Waals surface area contributed by atoms with E-state index in [0.717, 1.165) is 13.1 Å². The van der Waals surface area contributed by atoms with Gasteiger partial charge in [0.05, 0.1) is 11.9 Å². The van der Waals surface area contributed by atoms with Crippen LogP contribution in [0.2, 0.25) is 0 Å². The number of hydrogen-bond acceptors (Lipinski definition) is 5. The van der Waals surface area contributed by atoms with Gasteiger partial charge >= 0.3 is 0 Å². The Labute approximate surface area is 131 Å². The van der Waals surface area contributed by atoms with Crippen LogP contribution in [0, 0.1) is 0 Å². The Hall–Kier alpha value is -0.470. The van der Waals surface area contributed by atoms with Gasteiger partial charge < -0.3 is 4.74 Å². The van der Waals surface area contributed by atoms with Crippen LogP contribution in [-0.2, 0) is 14.8 Å². The van der Waals surface area contributed by atoms with Gasteiger partial charge in [-0.2, -0.15) is 15.6 Å². The minimum Gasteiger partial charge on any atom is -0.381 e. The quantitative estimate of drug-likeness (QED) is 0.797. The molecule has 7 heteroatoms. The van der Waals surface area contributed by atoms with Crippen molar-refractivity contribution in [3.63, 3.8) is 0 Å². The van der Waals surface area contributed by atoms with Crippen molar-refractivity contribution < 1.29 is 13.2 Å². The van der Waals surface area contributed by atoms with Gasteiger partial charge in [0.1, 0.15) is 0 Å². The second-order valence-corrected chi connectivity index (χ2v) is 8.29. The van der Waals surface area contributed by atoms with Gasteiger partial charge in [0.2, 0.25) is 10.0 Å². The van der Waals surface area contributed by atoms with Gasteiger partial charge in [0, 0.05) is 39.3 Å². The Morgan fingerprint density at radius 2 is 1.95 bits per heavy atom. The molecule has 0 unspecified atom stereocenters. The van der Waals surface area contributed by atoms with E-state index in [1.165, 1.54) is 5.56 Å². The summed E-state index contributed by atoms with van der Waals surface area (Å²) in [5.41, 5.74) is 1.31. The summed E-state index contributed by atoms with van der Waals surface area (Å²) >= 11 is 1.70. The third-order valence-corrected chi connectivity index (χ3v) is 6.83. The van der Waals surface area contributed by atoms with E-state index in [1.807, 2.05) is 0 Å². The zero-order valence-corrected chi connectivity index (χ0v) is 14.5. The molecule has 1 aliphatic heterocycles. The van der Waals surface area contributed by atoms with Crippen LogP contribution in [0.25, 0.3) is 0 Å². The van der Waals surface area contributed by atoms with E-state index < -0.39 is 10.0 Å². The van der Waals surface area contributed by atoms with Gasteiger partial charge in [-0.3, -0.25) is 4.90 Å². The van der Waals surface area contributed by atoms with Crippen molar-refractivity contribution in [2.24, 2.45) is 0 Å². The number of rotatable bonds is 6. The van der Waals surface area contributed by atoms with Gasteiger partial charge in [-0.05, 0) is 36.2 Å². The van der Waals surface area contributed by atoms with Crippen LogP contribution >= 0.6 is 11.3 Å². The van der Waals surface area contributed by atoms with Gasteiger partial charge in [-0.15, -0.1) is 0 Å². The molecule has 0 saturated carbocycles. The van der Waals surface area contributed by atoms with E-state index in [2.05, 4.69) is 28.7 Å². The summed E-state index contributed by atoms with van der Waals surface area (Å²) in [6.45, 7) is 6.64. The molecule has 0 radical (unpaired) electrons. The molecule has 2 rings (SSSR count). The molecular formula is C14H24N2O3S2. The highest BCUT2D eigenvalue weighted by molar-refractivity contribution is 7.89. The van der Waals surface area contributed by atoms with Crippen LogP contribution in [0.4, 0.5) is 0 Å². The Morgan fingerprint density at radius 1 is 1.29 bits per heavy atom. The molecular weight excluding hydrogens is 308 g/mol. The van der Waals surface area contributed by atoms with Crippen molar-refractivity contribution in [3.05, 3.63) is 22.4 Å². The summed E-state index contributed by atoms with van der Waals surface area (Å²) < 4.78 is 31.2. The second kappa shape index (κ2) is 7.19. The van der Waals surface area contributed by atoms with E-state index in [1.54, 1.807) is 29.7 Å². The SMILES string of the molecule is CO[C@H](C)CS(=O)(=O)N1CCN([C@H](C)c2ccsc2)CC1. The van der Waals surface area contributed by atoms with Crippen LogP contribution in [0.5, 0.6) is 0 Å². The molecule has 0 bridgehead atoms. The highest BCUT2D eigenvalue weighted by atomic mass is 32.2. The first kappa shape index (κ1) is 16.9. The van der Waals surface area contributed by atoms with E-state index >= 15 is 0 Å². The van der Waals surface area contributed by atoms with E-state index in [-0.39, 0.29) is 11.9 Å². The summed E-state index contributed by atoms with van der Waals surface area (Å²) in [5, 5.41) is 4.24. The highest BCUT2D eigenvalue weighted by Crippen LogP contribution is 2.24. The average molecular weight is 332 g/mol. The van der Waals surface area contributed by atoms with E-state index in [0.29, 0.717) is 19.1 Å². The first-order valence-electron chi connectivity index (χ1n) is 7.21. The predicted octanol–water partition coefficient (Wildman–Crippen LogP) is 1.79.